The summed E-state index contributed by atoms with van der Waals surface area (Å²) in [6.07, 6.45) is -13.4. The van der Waals surface area contributed by atoms with Crippen LogP contribution in [-0.2, 0) is 24.9 Å². The number of nitriles is 1. The Hall–Kier alpha value is -1.89. The van der Waals surface area contributed by atoms with Crippen molar-refractivity contribution in [3.05, 3.63) is 29.3 Å². The van der Waals surface area contributed by atoms with Crippen molar-refractivity contribution >= 4 is 8.53 Å². The first-order chi connectivity index (χ1) is 26.2. The van der Waals surface area contributed by atoms with Crippen molar-refractivity contribution in [3.63, 3.8) is 0 Å². The van der Waals surface area contributed by atoms with Crippen LogP contribution in [0.25, 0.3) is 0 Å². The summed E-state index contributed by atoms with van der Waals surface area (Å²) in [5, 5.41) is 8.85. The van der Waals surface area contributed by atoms with Crippen molar-refractivity contribution in [3.8, 4) is 11.8 Å². The van der Waals surface area contributed by atoms with Crippen LogP contribution in [0.1, 0.15) is 116 Å². The van der Waals surface area contributed by atoms with E-state index >= 15 is 0 Å². The number of unbranched alkanes of at least 4 members (excludes halogenated alkanes) is 2. The van der Waals surface area contributed by atoms with Gasteiger partial charge in [-0.2, -0.15) is 44.8 Å². The monoisotopic (exact) mass is 834 g/mol. The molecule has 56 heavy (non-hydrogen) atoms. The van der Waals surface area contributed by atoms with Crippen molar-refractivity contribution in [2.75, 3.05) is 33.0 Å². The normalized spacial score (nSPS) is 24.9. The molecule has 17 heteroatoms. The van der Waals surface area contributed by atoms with Gasteiger partial charge in [-0.15, -0.1) is 0 Å². The molecule has 2 saturated carbocycles. The zero-order valence-electron chi connectivity index (χ0n) is 32.8. The molecule has 0 N–H and O–H groups in total. The molecule has 6 atom stereocenters. The van der Waals surface area contributed by atoms with E-state index in [1.165, 1.54) is 11.1 Å². The first-order valence-electron chi connectivity index (χ1n) is 19.6. The second kappa shape index (κ2) is 19.4. The van der Waals surface area contributed by atoms with Gasteiger partial charge in [0.2, 0.25) is 0 Å². The lowest BCUT2D eigenvalue weighted by Crippen LogP contribution is -2.67. The van der Waals surface area contributed by atoms with Crippen LogP contribution in [0.3, 0.4) is 0 Å². The summed E-state index contributed by atoms with van der Waals surface area (Å²) in [7, 11) is -1.25. The fraction of sp³-hybridized carbons (Fsp3) is 0.821. The highest BCUT2D eigenvalue weighted by Crippen LogP contribution is 2.62. The average Bonchev–Trinajstić information content (AvgIpc) is 3.43. The number of fused-ring (bicyclic) bond motifs is 5. The number of hydrogen-bond donors (Lipinski definition) is 0. The van der Waals surface area contributed by atoms with E-state index in [0.29, 0.717) is 56.8 Å². The summed E-state index contributed by atoms with van der Waals surface area (Å²) in [4.78, 5) is 0. The van der Waals surface area contributed by atoms with E-state index in [9.17, 15) is 39.5 Å². The highest BCUT2D eigenvalue weighted by molar-refractivity contribution is 7.44. The van der Waals surface area contributed by atoms with Gasteiger partial charge >= 0.3 is 24.1 Å². The molecule has 320 valence electrons. The van der Waals surface area contributed by atoms with Crippen LogP contribution in [0.2, 0.25) is 0 Å². The molecule has 0 saturated heterocycles. The van der Waals surface area contributed by atoms with Gasteiger partial charge in [0.05, 0.1) is 38.6 Å². The third-order valence-corrected chi connectivity index (χ3v) is 13.7. The number of halogens is 9. The lowest BCUT2D eigenvalue weighted by Gasteiger charge is -2.50. The molecule has 2 fully saturated rings. The van der Waals surface area contributed by atoms with Gasteiger partial charge in [0.15, 0.2) is 0 Å². The topological polar surface area (TPSA) is 73.2 Å². The Morgan fingerprint density at radius 1 is 0.804 bits per heavy atom. The molecule has 1 aromatic carbocycles. The van der Waals surface area contributed by atoms with Gasteiger partial charge in [0, 0.05) is 25.1 Å². The van der Waals surface area contributed by atoms with E-state index in [1.807, 2.05) is 6.07 Å². The smallest absolute Gasteiger partial charge is 0.435 e. The molecule has 0 heterocycles. The molecule has 3 aliphatic rings. The summed E-state index contributed by atoms with van der Waals surface area (Å²) >= 11 is 0. The van der Waals surface area contributed by atoms with Gasteiger partial charge in [0.25, 0.3) is 8.53 Å². The average molecular weight is 835 g/mol. The quantitative estimate of drug-likeness (QED) is 0.0736. The van der Waals surface area contributed by atoms with E-state index in [0.717, 1.165) is 50.7 Å². The molecule has 0 amide bonds. The largest absolute Gasteiger partial charge is 0.494 e. The van der Waals surface area contributed by atoms with Gasteiger partial charge in [-0.05, 0) is 138 Å². The Balaban J connectivity index is 1.25. The van der Waals surface area contributed by atoms with Crippen molar-refractivity contribution in [1.29, 1.82) is 5.26 Å². The van der Waals surface area contributed by atoms with Crippen LogP contribution < -0.4 is 4.74 Å². The maximum Gasteiger partial charge on any atom is 0.435 e. The van der Waals surface area contributed by atoms with Gasteiger partial charge in [-0.25, -0.2) is 4.67 Å². The molecule has 7 nitrogen and oxygen atoms in total. The fourth-order valence-corrected chi connectivity index (χ4v) is 10.8. The van der Waals surface area contributed by atoms with Crippen LogP contribution in [0.5, 0.6) is 5.75 Å². The molecule has 1 aromatic rings. The number of ether oxygens (including phenoxy) is 3. The minimum Gasteiger partial charge on any atom is -0.494 e. The van der Waals surface area contributed by atoms with Gasteiger partial charge in [-0.3, -0.25) is 0 Å². The van der Waals surface area contributed by atoms with Crippen LogP contribution in [-0.4, -0.2) is 80.0 Å². The maximum atomic E-state index is 13.2. The molecule has 0 bridgehead atoms. The Morgan fingerprint density at radius 3 is 2.04 bits per heavy atom. The fourth-order valence-electron chi connectivity index (χ4n) is 9.09. The predicted molar refractivity (Wildman–Crippen MR) is 193 cm³/mol. The number of aryl methyl sites for hydroxylation is 1. The number of alkyl halides is 9. The second-order valence-corrected chi connectivity index (χ2v) is 17.4. The first kappa shape index (κ1) is 46.8. The summed E-state index contributed by atoms with van der Waals surface area (Å²) in [5.74, 6) is 1.82. The zero-order chi connectivity index (χ0) is 41.5. The standard InChI is InChI=1S/C39H56F9N2O5P/c1-26(2)50(27(3)4)56(54-23-7-6-19-49)55-24-9-8-20-51-29-12-14-30-28(25-29)11-13-32-31(30)17-18-35(5)33(32)15-16-34(35)52-21-10-22-53-36(37(40,41)42,38(43,44)45)39(46,47)48/h12,14,25-27,31-34H,6-11,13,15-18,20-24H2,1-5H3/t31-,32?,33+,34+,35+,56?/m1/s1. The lowest BCUT2D eigenvalue weighted by atomic mass is 9.55. The molecule has 4 rings (SSSR count). The molecule has 0 aromatic heterocycles. The summed E-state index contributed by atoms with van der Waals surface area (Å²) < 4.78 is 149. The molecule has 0 aliphatic heterocycles. The van der Waals surface area contributed by atoms with E-state index in [4.69, 9.17) is 23.8 Å². The van der Waals surface area contributed by atoms with E-state index in [2.05, 4.69) is 62.2 Å². The zero-order valence-corrected chi connectivity index (χ0v) is 33.7. The van der Waals surface area contributed by atoms with Gasteiger partial charge in [0.1, 0.15) is 5.75 Å². The molecular formula is C39H56F9N2O5P. The van der Waals surface area contributed by atoms with Crippen LogP contribution in [0.4, 0.5) is 39.5 Å². The molecule has 0 radical (unpaired) electrons. The van der Waals surface area contributed by atoms with Crippen LogP contribution in [0, 0.1) is 28.6 Å². The number of nitrogens with zero attached hydrogens (tertiary/aromatic N) is 2. The Morgan fingerprint density at radius 2 is 1.43 bits per heavy atom. The molecule has 3 aliphatic carbocycles. The maximum absolute atomic E-state index is 13.2. The third-order valence-electron chi connectivity index (χ3n) is 11.6. The second-order valence-electron chi connectivity index (χ2n) is 15.9. The summed E-state index contributed by atoms with van der Waals surface area (Å²) in [6.45, 7) is 10.4. The Bertz CT molecular complexity index is 1390. The summed E-state index contributed by atoms with van der Waals surface area (Å²) in [5.41, 5.74) is -3.97. The van der Waals surface area contributed by atoms with Crippen molar-refractivity contribution < 1.29 is 62.8 Å². The van der Waals surface area contributed by atoms with Crippen molar-refractivity contribution in [2.24, 2.45) is 17.3 Å². The van der Waals surface area contributed by atoms with E-state index in [-0.39, 0.29) is 30.2 Å². The van der Waals surface area contributed by atoms with Crippen molar-refractivity contribution in [2.45, 2.75) is 153 Å². The first-order valence-corrected chi connectivity index (χ1v) is 20.7. The minimum atomic E-state index is -6.75. The number of benzene rings is 1. The molecule has 2 unspecified atom stereocenters. The third kappa shape index (κ3) is 10.5. The highest BCUT2D eigenvalue weighted by Gasteiger charge is 2.85. The minimum absolute atomic E-state index is 0.245. The SMILES string of the molecule is CC(C)N(C(C)C)P(OCCCC#N)OCCCCOc1ccc2c(c1)CCC1[C@@H]2CC[C@]2(C)[C@@H](OCCCOC(C(F)(F)F)(C(F)(F)F)C(F)(F)F)CC[C@@H]12. The number of hydrogen-bond acceptors (Lipinski definition) is 7. The van der Waals surface area contributed by atoms with Gasteiger partial charge < -0.3 is 23.3 Å². The Kier molecular flexibility index (Phi) is 16.3. The molecule has 0 spiro atoms. The van der Waals surface area contributed by atoms with Crippen LogP contribution >= 0.6 is 8.53 Å². The molecular weight excluding hydrogens is 778 g/mol. The number of rotatable bonds is 20. The predicted octanol–water partition coefficient (Wildman–Crippen LogP) is 11.6. The van der Waals surface area contributed by atoms with Crippen molar-refractivity contribution in [1.82, 2.24) is 4.67 Å². The Labute approximate surface area is 325 Å². The van der Waals surface area contributed by atoms with Crippen LogP contribution in [0.15, 0.2) is 18.2 Å². The van der Waals surface area contributed by atoms with E-state index in [1.54, 1.807) is 0 Å². The summed E-state index contributed by atoms with van der Waals surface area (Å²) in [6, 6.07) is 8.92. The highest BCUT2D eigenvalue weighted by atomic mass is 31.2. The van der Waals surface area contributed by atoms with Gasteiger partial charge in [-0.1, -0.05) is 13.0 Å². The van der Waals surface area contributed by atoms with E-state index < -0.39 is 45.7 Å². The lowest BCUT2D eigenvalue weighted by molar-refractivity contribution is -0.457.